The lowest BCUT2D eigenvalue weighted by Gasteiger charge is -2.16. The van der Waals surface area contributed by atoms with Gasteiger partial charge in [0, 0.05) is 36.3 Å². The molecule has 1 aromatic heterocycles. The lowest BCUT2D eigenvalue weighted by Crippen LogP contribution is -2.21. The first-order valence-corrected chi connectivity index (χ1v) is 10.7. The second-order valence-electron chi connectivity index (χ2n) is 6.90. The Morgan fingerprint density at radius 1 is 1.15 bits per heavy atom. The lowest BCUT2D eigenvalue weighted by atomic mass is 10.1. The van der Waals surface area contributed by atoms with Crippen molar-refractivity contribution in [2.45, 2.75) is 6.42 Å². The van der Waals surface area contributed by atoms with Crippen molar-refractivity contribution < 1.29 is 9.13 Å². The Bertz CT molecular complexity index is 1080. The topological polar surface area (TPSA) is 12.5 Å². The second kappa shape index (κ2) is 8.15. The number of benzene rings is 1. The highest BCUT2D eigenvalue weighted by Crippen LogP contribution is 2.37. The molecule has 27 heavy (non-hydrogen) atoms. The van der Waals surface area contributed by atoms with Gasteiger partial charge in [-0.3, -0.25) is 0 Å². The zero-order valence-corrected chi connectivity index (χ0v) is 17.1. The maximum atomic E-state index is 13.9. The summed E-state index contributed by atoms with van der Waals surface area (Å²) in [6, 6.07) is 5.07. The molecule has 0 bridgehead atoms. The fourth-order valence-electron chi connectivity index (χ4n) is 3.22. The molecule has 2 aromatic rings. The largest absolute Gasteiger partial charge is 0.376 e. The summed E-state index contributed by atoms with van der Waals surface area (Å²) < 4.78 is 22.1. The normalized spacial score (nSPS) is 15.9. The molecule has 0 saturated carbocycles. The number of hydrogen-bond acceptors (Lipinski definition) is 4. The van der Waals surface area contributed by atoms with Crippen LogP contribution in [0.25, 0.3) is 21.1 Å². The van der Waals surface area contributed by atoms with E-state index in [2.05, 4.69) is 49.4 Å². The van der Waals surface area contributed by atoms with Crippen LogP contribution in [0.1, 0.15) is 6.42 Å². The summed E-state index contributed by atoms with van der Waals surface area (Å²) >= 11 is 3.46. The van der Waals surface area contributed by atoms with Gasteiger partial charge in [-0.15, -0.1) is 11.3 Å². The van der Waals surface area contributed by atoms with Crippen LogP contribution in [0, 0.1) is 5.82 Å². The van der Waals surface area contributed by atoms with Gasteiger partial charge in [0.2, 0.25) is 0 Å². The van der Waals surface area contributed by atoms with E-state index in [1.54, 1.807) is 29.2 Å². The maximum absolute atomic E-state index is 13.9. The molecule has 5 heteroatoms. The van der Waals surface area contributed by atoms with Crippen molar-refractivity contribution in [3.63, 3.8) is 0 Å². The summed E-state index contributed by atoms with van der Waals surface area (Å²) in [6.45, 7) is 2.40. The summed E-state index contributed by atoms with van der Waals surface area (Å²) in [5.74, 6) is -0.188. The van der Waals surface area contributed by atoms with Crippen molar-refractivity contribution in [3.8, 4) is 0 Å². The van der Waals surface area contributed by atoms with E-state index < -0.39 is 0 Å². The van der Waals surface area contributed by atoms with Crippen LogP contribution in [0.5, 0.6) is 0 Å². The second-order valence-corrected chi connectivity index (χ2v) is 9.12. The van der Waals surface area contributed by atoms with E-state index in [0.29, 0.717) is 6.61 Å². The summed E-state index contributed by atoms with van der Waals surface area (Å²) in [6.07, 6.45) is 11.7. The van der Waals surface area contributed by atoms with Crippen molar-refractivity contribution in [3.05, 3.63) is 68.5 Å². The van der Waals surface area contributed by atoms with Crippen LogP contribution in [-0.2, 0) is 4.74 Å². The Morgan fingerprint density at radius 3 is 2.89 bits per heavy atom. The van der Waals surface area contributed by atoms with Gasteiger partial charge in [-0.05, 0) is 63.0 Å². The molecule has 0 unspecified atom stereocenters. The van der Waals surface area contributed by atoms with Crippen LogP contribution >= 0.6 is 23.1 Å². The number of allylic oxidation sites excluding steroid dienone is 4. The zero-order chi connectivity index (χ0) is 18.8. The summed E-state index contributed by atoms with van der Waals surface area (Å²) in [5, 5.41) is 2.14. The Balaban J connectivity index is 1.64. The van der Waals surface area contributed by atoms with Gasteiger partial charge in [-0.25, -0.2) is 4.39 Å². The predicted molar refractivity (Wildman–Crippen MR) is 116 cm³/mol. The molecule has 0 radical (unpaired) electrons. The van der Waals surface area contributed by atoms with E-state index in [-0.39, 0.29) is 5.82 Å². The third kappa shape index (κ3) is 4.11. The monoisotopic (exact) mass is 399 g/mol. The molecule has 0 amide bonds. The fourth-order valence-corrected chi connectivity index (χ4v) is 5.51. The van der Waals surface area contributed by atoms with Gasteiger partial charge in [0.05, 0.1) is 6.61 Å². The van der Waals surface area contributed by atoms with Crippen LogP contribution in [0.15, 0.2) is 53.0 Å². The van der Waals surface area contributed by atoms with Crippen LogP contribution in [0.3, 0.4) is 0 Å². The van der Waals surface area contributed by atoms with E-state index in [9.17, 15) is 4.39 Å². The number of halogens is 1. The number of nitrogens with zero attached hydrogens (tertiary/aromatic N) is 1. The summed E-state index contributed by atoms with van der Waals surface area (Å²) in [7, 11) is 4.15. The van der Waals surface area contributed by atoms with E-state index in [1.165, 1.54) is 26.0 Å². The molecule has 0 N–H and O–H groups in total. The molecule has 0 spiro atoms. The van der Waals surface area contributed by atoms with E-state index in [4.69, 9.17) is 4.74 Å². The minimum Gasteiger partial charge on any atom is -0.376 e. The van der Waals surface area contributed by atoms with Gasteiger partial charge >= 0.3 is 0 Å². The van der Waals surface area contributed by atoms with Gasteiger partial charge < -0.3 is 9.64 Å². The quantitative estimate of drug-likeness (QED) is 0.681. The number of ether oxygens (including phenoxy) is 1. The van der Waals surface area contributed by atoms with E-state index >= 15 is 0 Å². The highest BCUT2D eigenvalue weighted by molar-refractivity contribution is 8.11. The summed E-state index contributed by atoms with van der Waals surface area (Å²) in [5.41, 5.74) is 1.18. The number of rotatable bonds is 6. The van der Waals surface area contributed by atoms with Gasteiger partial charge in [0.15, 0.2) is 0 Å². The fraction of sp³-hybridized carbons (Fsp3) is 0.273. The number of thioether (sulfide) groups is 1. The first-order valence-electron chi connectivity index (χ1n) is 9.04. The van der Waals surface area contributed by atoms with Gasteiger partial charge in [-0.1, -0.05) is 30.0 Å². The van der Waals surface area contributed by atoms with Crippen molar-refractivity contribution in [1.82, 2.24) is 4.90 Å². The standard InChI is InChI=1S/C22H22FNOS2/c1-24(2)11-4-12-25-14-17-9-7-15-5-3-6-20-21(22(15)26-17)18-13-16(23)8-10-19(18)27-20/h3,5-10,13H,4,11-12,14H2,1-2H3. The molecule has 2 nitrogen and oxygen atoms in total. The molecule has 0 fully saturated rings. The smallest absolute Gasteiger partial charge is 0.123 e. The van der Waals surface area contributed by atoms with Crippen molar-refractivity contribution in [1.29, 1.82) is 0 Å². The van der Waals surface area contributed by atoms with E-state index in [0.717, 1.165) is 34.9 Å². The Labute approximate surface area is 167 Å². The third-order valence-electron chi connectivity index (χ3n) is 4.51. The van der Waals surface area contributed by atoms with Gasteiger partial charge in [-0.2, -0.15) is 0 Å². The molecule has 1 aliphatic carbocycles. The van der Waals surface area contributed by atoms with Gasteiger partial charge in [0.1, 0.15) is 5.82 Å². The SMILES string of the molecule is CN(C)CCCOCC1=CC=C2C=CC=c3sc4ccc(F)cc4c3=C2S1. The van der Waals surface area contributed by atoms with Crippen LogP contribution in [0.4, 0.5) is 4.39 Å². The van der Waals surface area contributed by atoms with Gasteiger partial charge in [0.25, 0.3) is 0 Å². The molecule has 0 saturated heterocycles. The Kier molecular flexibility index (Phi) is 5.64. The Hall–Kier alpha value is -1.66. The molecule has 4 rings (SSSR count). The number of thiophene rings is 1. The van der Waals surface area contributed by atoms with Crippen LogP contribution < -0.4 is 9.75 Å². The molecular weight excluding hydrogens is 377 g/mol. The lowest BCUT2D eigenvalue weighted by molar-refractivity contribution is 0.150. The number of hydrogen-bond donors (Lipinski definition) is 0. The highest BCUT2D eigenvalue weighted by Gasteiger charge is 2.17. The molecular formula is C22H22FNOS2. The average molecular weight is 400 g/mol. The number of fused-ring (bicyclic) bond motifs is 4. The zero-order valence-electron chi connectivity index (χ0n) is 15.5. The van der Waals surface area contributed by atoms with Crippen LogP contribution in [-0.4, -0.2) is 38.8 Å². The van der Waals surface area contributed by atoms with Crippen molar-refractivity contribution in [2.24, 2.45) is 0 Å². The maximum Gasteiger partial charge on any atom is 0.123 e. The first kappa shape index (κ1) is 18.7. The van der Waals surface area contributed by atoms with Crippen molar-refractivity contribution >= 4 is 44.2 Å². The van der Waals surface area contributed by atoms with Crippen LogP contribution in [0.2, 0.25) is 0 Å². The minimum absolute atomic E-state index is 0.188. The molecule has 2 aliphatic rings. The average Bonchev–Trinajstić information content (AvgIpc) is 2.89. The molecule has 1 aliphatic heterocycles. The predicted octanol–water partition coefficient (Wildman–Crippen LogP) is 4.02. The Morgan fingerprint density at radius 2 is 2.04 bits per heavy atom. The van der Waals surface area contributed by atoms with E-state index in [1.807, 2.05) is 6.07 Å². The van der Waals surface area contributed by atoms with Crippen molar-refractivity contribution in [2.75, 3.05) is 33.9 Å². The minimum atomic E-state index is -0.188. The first-order chi connectivity index (χ1) is 13.1. The highest BCUT2D eigenvalue weighted by atomic mass is 32.2. The third-order valence-corrected chi connectivity index (χ3v) is 6.81. The summed E-state index contributed by atoms with van der Waals surface area (Å²) in [4.78, 5) is 4.55. The molecule has 1 aromatic carbocycles. The molecule has 0 atom stereocenters. The molecule has 140 valence electrons. The molecule has 2 heterocycles.